The molecule has 0 saturated carbocycles. The van der Waals surface area contributed by atoms with Gasteiger partial charge in [-0.15, -0.1) is 0 Å². The molecular weight excluding hydrogens is 420 g/mol. The normalized spacial score (nSPS) is 18.6. The Kier molecular flexibility index (Phi) is 6.08. The monoisotopic (exact) mass is 451 g/mol. The fourth-order valence-corrected chi connectivity index (χ4v) is 5.06. The second kappa shape index (κ2) is 9.30. The molecule has 0 atom stereocenters. The zero-order valence-electron chi connectivity index (χ0n) is 19.0. The Morgan fingerprint density at radius 3 is 2.67 bits per heavy atom. The molecule has 2 saturated heterocycles. The number of aromatic amines is 1. The number of hydrogen-bond acceptors (Lipinski definition) is 7. The van der Waals surface area contributed by atoms with Crippen LogP contribution in [0, 0.1) is 5.92 Å². The summed E-state index contributed by atoms with van der Waals surface area (Å²) >= 11 is 0. The number of pyridine rings is 1. The molecule has 3 aromatic heterocycles. The first-order valence-corrected chi connectivity index (χ1v) is 11.6. The van der Waals surface area contributed by atoms with Gasteiger partial charge in [0.1, 0.15) is 11.7 Å². The van der Waals surface area contributed by atoms with Crippen molar-refractivity contribution >= 4 is 23.0 Å². The van der Waals surface area contributed by atoms with Gasteiger partial charge in [-0.2, -0.15) is 4.98 Å². The summed E-state index contributed by atoms with van der Waals surface area (Å²) in [6, 6.07) is 4.66. The largest absolute Gasteiger partial charge is 0.468 e. The lowest BCUT2D eigenvalue weighted by Gasteiger charge is -2.37. The van der Waals surface area contributed by atoms with E-state index in [0.29, 0.717) is 17.9 Å². The molecule has 0 unspecified atom stereocenters. The molecular formula is C23H31N8O2+. The first kappa shape index (κ1) is 21.6. The molecule has 3 aromatic rings. The van der Waals surface area contributed by atoms with Crippen molar-refractivity contribution in [2.45, 2.75) is 38.3 Å². The number of H-pyrrole nitrogens is 1. The molecule has 2 aliphatic heterocycles. The van der Waals surface area contributed by atoms with E-state index in [-0.39, 0.29) is 12.0 Å². The molecule has 2 fully saturated rings. The molecule has 10 nitrogen and oxygen atoms in total. The highest BCUT2D eigenvalue weighted by Gasteiger charge is 2.32. The van der Waals surface area contributed by atoms with E-state index in [1.165, 1.54) is 0 Å². The highest BCUT2D eigenvalue weighted by Crippen LogP contribution is 2.32. The van der Waals surface area contributed by atoms with Crippen molar-refractivity contribution in [3.8, 4) is 6.01 Å². The maximum absolute atomic E-state index is 13.2. The van der Waals surface area contributed by atoms with Gasteiger partial charge in [-0.1, -0.05) is 4.98 Å². The fraction of sp³-hybridized carbons (Fsp3) is 0.522. The minimum absolute atomic E-state index is 0.110. The van der Waals surface area contributed by atoms with Crippen molar-refractivity contribution in [3.63, 3.8) is 0 Å². The Morgan fingerprint density at radius 2 is 1.97 bits per heavy atom. The predicted octanol–water partition coefficient (Wildman–Crippen LogP) is 1.31. The van der Waals surface area contributed by atoms with Crippen LogP contribution in [0.25, 0.3) is 11.2 Å². The van der Waals surface area contributed by atoms with Crippen LogP contribution in [0.5, 0.6) is 6.01 Å². The smallest absolute Gasteiger partial charge is 0.386 e. The number of fused-ring (bicyclic) bond motifs is 1. The van der Waals surface area contributed by atoms with Crippen LogP contribution >= 0.6 is 0 Å². The van der Waals surface area contributed by atoms with Crippen LogP contribution in [0.15, 0.2) is 30.7 Å². The van der Waals surface area contributed by atoms with E-state index in [1.54, 1.807) is 19.5 Å². The molecule has 5 heterocycles. The molecule has 5 rings (SSSR count). The van der Waals surface area contributed by atoms with Crippen LogP contribution in [0.3, 0.4) is 0 Å². The Morgan fingerprint density at radius 1 is 1.18 bits per heavy atom. The number of piperidine rings is 2. The van der Waals surface area contributed by atoms with Crippen molar-refractivity contribution in [1.82, 2.24) is 29.3 Å². The highest BCUT2D eigenvalue weighted by molar-refractivity contribution is 5.79. The number of hydrogen-bond donors (Lipinski definition) is 1. The van der Waals surface area contributed by atoms with Crippen molar-refractivity contribution < 1.29 is 14.5 Å². The van der Waals surface area contributed by atoms with E-state index in [0.717, 1.165) is 75.1 Å². The van der Waals surface area contributed by atoms with Gasteiger partial charge in [-0.3, -0.25) is 20.0 Å². The van der Waals surface area contributed by atoms with Gasteiger partial charge in [0.25, 0.3) is 6.01 Å². The van der Waals surface area contributed by atoms with Gasteiger partial charge in [0.05, 0.1) is 13.3 Å². The number of anilines is 1. The number of nitrogens with one attached hydrogen (secondary N) is 1. The molecule has 0 aromatic carbocycles. The summed E-state index contributed by atoms with van der Waals surface area (Å²) in [6.07, 6.45) is 9.04. The number of aromatic nitrogens is 5. The van der Waals surface area contributed by atoms with E-state index in [2.05, 4.69) is 34.3 Å². The second-order valence-electron chi connectivity index (χ2n) is 8.93. The van der Waals surface area contributed by atoms with Crippen molar-refractivity contribution in [2.75, 3.05) is 39.0 Å². The highest BCUT2D eigenvalue weighted by atomic mass is 16.5. The van der Waals surface area contributed by atoms with E-state index < -0.39 is 0 Å². The molecule has 1 amide bonds. The zero-order chi connectivity index (χ0) is 22.8. The summed E-state index contributed by atoms with van der Waals surface area (Å²) in [5, 5.41) is 0. The number of rotatable bonds is 5. The van der Waals surface area contributed by atoms with Crippen LogP contribution in [0.4, 0.5) is 5.95 Å². The van der Waals surface area contributed by atoms with E-state index in [9.17, 15) is 4.79 Å². The number of likely N-dealkylation sites (tertiary alicyclic amines) is 2. The van der Waals surface area contributed by atoms with E-state index >= 15 is 0 Å². The molecule has 0 spiro atoms. The van der Waals surface area contributed by atoms with Crippen LogP contribution in [-0.4, -0.2) is 68.5 Å². The van der Waals surface area contributed by atoms with Crippen LogP contribution in [0.1, 0.15) is 37.3 Å². The topological polar surface area (TPSA) is 117 Å². The van der Waals surface area contributed by atoms with Gasteiger partial charge in [-0.05, 0) is 50.9 Å². The standard InChI is InChI=1S/C23H30N8O2/c1-33-23-28-19-3-2-8-25-20(19)31(23)18-6-11-30(12-7-18)21(32)17-4-9-29(10-5-17)15-16-13-26-22(24)27-14-16/h2-3,8,13-14,17-18H,4-7,9-12,15H2,1H3,(H2,24,26,27)/p+1. The summed E-state index contributed by atoms with van der Waals surface area (Å²) < 4.78 is 7.62. The number of amides is 1. The van der Waals surface area contributed by atoms with Crippen LogP contribution < -0.4 is 15.5 Å². The fourth-order valence-electron chi connectivity index (χ4n) is 5.06. The summed E-state index contributed by atoms with van der Waals surface area (Å²) in [5.41, 5.74) is 8.41. The maximum Gasteiger partial charge on any atom is 0.386 e. The predicted molar refractivity (Wildman–Crippen MR) is 122 cm³/mol. The molecule has 3 N–H and O–H groups in total. The van der Waals surface area contributed by atoms with Crippen molar-refractivity contribution in [2.24, 2.45) is 5.92 Å². The summed E-state index contributed by atoms with van der Waals surface area (Å²) in [4.78, 5) is 33.8. The van der Waals surface area contributed by atoms with Crippen LogP contribution in [0.2, 0.25) is 0 Å². The lowest BCUT2D eigenvalue weighted by atomic mass is 9.93. The third-order valence-corrected chi connectivity index (χ3v) is 6.86. The molecule has 33 heavy (non-hydrogen) atoms. The Hall–Kier alpha value is -3.27. The molecule has 0 aliphatic carbocycles. The Balaban J connectivity index is 1.15. The van der Waals surface area contributed by atoms with Crippen molar-refractivity contribution in [1.29, 1.82) is 0 Å². The number of carbonyl (C=O) groups excluding carboxylic acids is 1. The van der Waals surface area contributed by atoms with Gasteiger partial charge in [0.15, 0.2) is 5.65 Å². The minimum atomic E-state index is 0.110. The first-order chi connectivity index (χ1) is 16.1. The number of nitrogens with two attached hydrogens (primary N) is 1. The number of nitrogens with zero attached hydrogens (tertiary/aromatic N) is 6. The van der Waals surface area contributed by atoms with Gasteiger partial charge in [0.2, 0.25) is 5.91 Å². The number of ether oxygens (including phenoxy) is 1. The van der Waals surface area contributed by atoms with Crippen LogP contribution in [-0.2, 0) is 11.3 Å². The average Bonchev–Trinajstić information content (AvgIpc) is 3.24. The van der Waals surface area contributed by atoms with Gasteiger partial charge in [0, 0.05) is 43.4 Å². The lowest BCUT2D eigenvalue weighted by Crippen LogP contribution is -2.45. The number of imidazole rings is 1. The average molecular weight is 452 g/mol. The molecule has 0 bridgehead atoms. The number of methoxy groups -OCH3 is 1. The molecule has 10 heteroatoms. The molecule has 0 radical (unpaired) electrons. The SMILES string of the molecule is COc1nc2cccnc2n1C1CCN(C(=O)C2CCN(Cc3cnc(N)[nH+]c3)CC2)CC1. The summed E-state index contributed by atoms with van der Waals surface area (Å²) in [5.74, 6) is 0.832. The number of nitrogen functional groups attached to an aromatic ring is 1. The minimum Gasteiger partial charge on any atom is -0.468 e. The quantitative estimate of drug-likeness (QED) is 0.621. The Labute approximate surface area is 192 Å². The van der Waals surface area contributed by atoms with Gasteiger partial charge < -0.3 is 9.64 Å². The maximum atomic E-state index is 13.2. The summed E-state index contributed by atoms with van der Waals surface area (Å²) in [7, 11) is 1.64. The molecule has 174 valence electrons. The third kappa shape index (κ3) is 4.47. The van der Waals surface area contributed by atoms with Gasteiger partial charge in [-0.25, -0.2) is 9.97 Å². The van der Waals surface area contributed by atoms with E-state index in [1.807, 2.05) is 18.3 Å². The second-order valence-corrected chi connectivity index (χ2v) is 8.93. The third-order valence-electron chi connectivity index (χ3n) is 6.86. The van der Waals surface area contributed by atoms with Crippen molar-refractivity contribution in [3.05, 3.63) is 36.3 Å². The van der Waals surface area contributed by atoms with E-state index in [4.69, 9.17) is 10.5 Å². The zero-order valence-corrected chi connectivity index (χ0v) is 19.0. The molecule has 2 aliphatic rings. The van der Waals surface area contributed by atoms with Gasteiger partial charge >= 0.3 is 5.95 Å². The Bertz CT molecular complexity index is 1100. The lowest BCUT2D eigenvalue weighted by molar-refractivity contribution is -0.365. The number of carbonyl (C=O) groups is 1. The first-order valence-electron chi connectivity index (χ1n) is 11.6. The summed E-state index contributed by atoms with van der Waals surface area (Å²) in [6.45, 7) is 4.17.